The van der Waals surface area contributed by atoms with E-state index in [0.29, 0.717) is 54.0 Å². The van der Waals surface area contributed by atoms with Crippen LogP contribution in [-0.4, -0.2) is 33.2 Å². The molecule has 1 aromatic carbocycles. The molecule has 1 saturated heterocycles. The summed E-state index contributed by atoms with van der Waals surface area (Å²) >= 11 is 12.3. The third-order valence-electron chi connectivity index (χ3n) is 4.65. The Hall–Kier alpha value is -1.34. The molecule has 26 heavy (non-hydrogen) atoms. The van der Waals surface area contributed by atoms with Crippen molar-refractivity contribution in [3.8, 4) is 0 Å². The predicted octanol–water partition coefficient (Wildman–Crippen LogP) is 4.30. The number of halogens is 2. The summed E-state index contributed by atoms with van der Waals surface area (Å²) in [6.07, 6.45) is 2.29. The highest BCUT2D eigenvalue weighted by molar-refractivity contribution is 7.92. The molecule has 0 atom stereocenters. The summed E-state index contributed by atoms with van der Waals surface area (Å²) in [6.45, 7) is 3.34. The maximum atomic E-state index is 13.6. The van der Waals surface area contributed by atoms with Gasteiger partial charge in [0.05, 0.1) is 9.92 Å². The molecule has 1 aromatic heterocycles. The van der Waals surface area contributed by atoms with Gasteiger partial charge >= 0.3 is 0 Å². The second-order valence-electron chi connectivity index (χ2n) is 6.15. The highest BCUT2D eigenvalue weighted by Crippen LogP contribution is 2.44. The Morgan fingerprint density at radius 2 is 1.85 bits per heavy atom. The van der Waals surface area contributed by atoms with Gasteiger partial charge in [-0.15, -0.1) is 0 Å². The standard InChI is InChI=1S/C18H20Cl2N2O3S/c1-2-21-17-16(20)11-13(12-22-17)18(7-9-25-10-8-18)26(23,24)15-5-3-14(19)4-6-15/h3-6,11-12H,2,7-10H2,1H3,(H,21,22). The van der Waals surface area contributed by atoms with E-state index in [4.69, 9.17) is 27.9 Å². The van der Waals surface area contributed by atoms with E-state index in [1.54, 1.807) is 24.4 Å². The summed E-state index contributed by atoms with van der Waals surface area (Å²) < 4.78 is 31.4. The average Bonchev–Trinajstić information content (AvgIpc) is 2.64. The molecule has 1 fully saturated rings. The first-order valence-corrected chi connectivity index (χ1v) is 10.6. The molecule has 1 aliphatic rings. The molecule has 1 N–H and O–H groups in total. The molecule has 8 heteroatoms. The molecule has 0 unspecified atom stereocenters. The number of pyridine rings is 1. The fraction of sp³-hybridized carbons (Fsp3) is 0.389. The SMILES string of the molecule is CCNc1ncc(C2(S(=O)(=O)c3ccc(Cl)cc3)CCOCC2)cc1Cl. The van der Waals surface area contributed by atoms with Gasteiger partial charge in [-0.1, -0.05) is 23.2 Å². The van der Waals surface area contributed by atoms with Gasteiger partial charge in [0.2, 0.25) is 0 Å². The van der Waals surface area contributed by atoms with E-state index in [0.717, 1.165) is 0 Å². The first-order chi connectivity index (χ1) is 12.4. The number of hydrogen-bond donors (Lipinski definition) is 1. The third-order valence-corrected chi connectivity index (χ3v) is 7.76. The van der Waals surface area contributed by atoms with Crippen molar-refractivity contribution >= 4 is 38.9 Å². The Bertz CT molecular complexity index is 880. The first kappa shape index (κ1) is 19.4. The number of nitrogens with one attached hydrogen (secondary N) is 1. The maximum absolute atomic E-state index is 13.6. The topological polar surface area (TPSA) is 68.3 Å². The molecule has 2 aromatic rings. The number of anilines is 1. The molecular formula is C18H20Cl2N2O3S. The van der Waals surface area contributed by atoms with Crippen molar-refractivity contribution in [1.29, 1.82) is 0 Å². The highest BCUT2D eigenvalue weighted by Gasteiger charge is 2.47. The van der Waals surface area contributed by atoms with Gasteiger partial charge in [0.25, 0.3) is 0 Å². The second-order valence-corrected chi connectivity index (χ2v) is 9.25. The zero-order valence-electron chi connectivity index (χ0n) is 14.3. The number of aromatic nitrogens is 1. The van der Waals surface area contributed by atoms with Crippen molar-refractivity contribution in [2.75, 3.05) is 25.1 Å². The molecule has 3 rings (SSSR count). The number of ether oxygens (including phenoxy) is 1. The van der Waals surface area contributed by atoms with Crippen LogP contribution in [0.15, 0.2) is 41.4 Å². The van der Waals surface area contributed by atoms with Crippen LogP contribution in [0.2, 0.25) is 10.0 Å². The molecule has 140 valence electrons. The van der Waals surface area contributed by atoms with Crippen LogP contribution in [0.25, 0.3) is 0 Å². The van der Waals surface area contributed by atoms with Crippen LogP contribution in [0.4, 0.5) is 5.82 Å². The van der Waals surface area contributed by atoms with Crippen LogP contribution in [0.1, 0.15) is 25.3 Å². The van der Waals surface area contributed by atoms with Gasteiger partial charge in [-0.05, 0) is 55.7 Å². The summed E-state index contributed by atoms with van der Waals surface area (Å²) in [7, 11) is -3.69. The van der Waals surface area contributed by atoms with Crippen molar-refractivity contribution in [3.05, 3.63) is 52.1 Å². The van der Waals surface area contributed by atoms with Crippen LogP contribution in [-0.2, 0) is 19.3 Å². The van der Waals surface area contributed by atoms with Gasteiger partial charge in [0.1, 0.15) is 10.6 Å². The lowest BCUT2D eigenvalue weighted by Crippen LogP contribution is -2.41. The fourth-order valence-corrected chi connectivity index (χ4v) is 5.67. The minimum absolute atomic E-state index is 0.232. The molecular weight excluding hydrogens is 395 g/mol. The van der Waals surface area contributed by atoms with Crippen LogP contribution in [0.5, 0.6) is 0 Å². The molecule has 0 saturated carbocycles. The summed E-state index contributed by atoms with van der Waals surface area (Å²) in [4.78, 5) is 4.57. The average molecular weight is 415 g/mol. The number of sulfone groups is 1. The Morgan fingerprint density at radius 3 is 2.42 bits per heavy atom. The minimum atomic E-state index is -3.69. The normalized spacial score (nSPS) is 17.0. The van der Waals surface area contributed by atoms with E-state index in [9.17, 15) is 8.42 Å². The Kier molecular flexibility index (Phi) is 5.77. The summed E-state index contributed by atoms with van der Waals surface area (Å²) in [5, 5.41) is 3.96. The quantitative estimate of drug-likeness (QED) is 0.789. The summed E-state index contributed by atoms with van der Waals surface area (Å²) in [6, 6.07) is 7.95. The van der Waals surface area contributed by atoms with E-state index in [1.165, 1.54) is 12.1 Å². The third kappa shape index (κ3) is 3.43. The summed E-state index contributed by atoms with van der Waals surface area (Å²) in [5.41, 5.74) is 0.586. The molecule has 2 heterocycles. The smallest absolute Gasteiger partial charge is 0.188 e. The molecule has 0 radical (unpaired) electrons. The lowest BCUT2D eigenvalue weighted by atomic mass is 9.91. The van der Waals surface area contributed by atoms with Gasteiger partial charge in [0, 0.05) is 31.0 Å². The zero-order valence-corrected chi connectivity index (χ0v) is 16.7. The zero-order chi connectivity index (χ0) is 18.8. The summed E-state index contributed by atoms with van der Waals surface area (Å²) in [5.74, 6) is 0.545. The van der Waals surface area contributed by atoms with Crippen molar-refractivity contribution < 1.29 is 13.2 Å². The largest absolute Gasteiger partial charge is 0.381 e. The van der Waals surface area contributed by atoms with Gasteiger partial charge in [-0.2, -0.15) is 0 Å². The number of nitrogens with zero attached hydrogens (tertiary/aromatic N) is 1. The van der Waals surface area contributed by atoms with Crippen LogP contribution < -0.4 is 5.32 Å². The van der Waals surface area contributed by atoms with Crippen molar-refractivity contribution in [3.63, 3.8) is 0 Å². The van der Waals surface area contributed by atoms with E-state index < -0.39 is 14.6 Å². The van der Waals surface area contributed by atoms with Gasteiger partial charge < -0.3 is 10.1 Å². The van der Waals surface area contributed by atoms with E-state index >= 15 is 0 Å². The van der Waals surface area contributed by atoms with Crippen LogP contribution >= 0.6 is 23.2 Å². The van der Waals surface area contributed by atoms with Gasteiger partial charge in [-0.3, -0.25) is 0 Å². The maximum Gasteiger partial charge on any atom is 0.188 e. The second kappa shape index (κ2) is 7.72. The number of hydrogen-bond acceptors (Lipinski definition) is 5. The number of rotatable bonds is 5. The molecule has 5 nitrogen and oxygen atoms in total. The molecule has 0 amide bonds. The van der Waals surface area contributed by atoms with Gasteiger partial charge in [0.15, 0.2) is 9.84 Å². The molecule has 1 aliphatic heterocycles. The molecule has 0 bridgehead atoms. The Balaban J connectivity index is 2.13. The Labute approximate surface area is 163 Å². The minimum Gasteiger partial charge on any atom is -0.381 e. The lowest BCUT2D eigenvalue weighted by Gasteiger charge is -2.37. The number of benzene rings is 1. The van der Waals surface area contributed by atoms with Crippen molar-refractivity contribution in [1.82, 2.24) is 4.98 Å². The highest BCUT2D eigenvalue weighted by atomic mass is 35.5. The molecule has 0 aliphatic carbocycles. The predicted molar refractivity (Wildman–Crippen MR) is 104 cm³/mol. The van der Waals surface area contributed by atoms with Crippen molar-refractivity contribution in [2.45, 2.75) is 29.4 Å². The monoisotopic (exact) mass is 414 g/mol. The van der Waals surface area contributed by atoms with E-state index in [2.05, 4.69) is 10.3 Å². The van der Waals surface area contributed by atoms with E-state index in [-0.39, 0.29) is 4.90 Å². The Morgan fingerprint density at radius 1 is 1.19 bits per heavy atom. The van der Waals surface area contributed by atoms with Crippen molar-refractivity contribution in [2.24, 2.45) is 0 Å². The molecule has 0 spiro atoms. The van der Waals surface area contributed by atoms with E-state index in [1.807, 2.05) is 6.92 Å². The fourth-order valence-electron chi connectivity index (χ4n) is 3.24. The van der Waals surface area contributed by atoms with Gasteiger partial charge in [-0.25, -0.2) is 13.4 Å². The van der Waals surface area contributed by atoms with Crippen LogP contribution in [0.3, 0.4) is 0 Å². The first-order valence-electron chi connectivity index (χ1n) is 8.38. The van der Waals surface area contributed by atoms with Crippen LogP contribution in [0, 0.1) is 0 Å². The lowest BCUT2D eigenvalue weighted by molar-refractivity contribution is 0.0739.